The van der Waals surface area contributed by atoms with Crippen molar-refractivity contribution < 1.29 is 9.47 Å². The number of nitrogens with two attached hydrogens (primary N) is 1. The molecule has 1 aliphatic heterocycles. The van der Waals surface area contributed by atoms with Gasteiger partial charge in [-0.15, -0.1) is 0 Å². The van der Waals surface area contributed by atoms with Gasteiger partial charge in [-0.05, 0) is 29.3 Å². The highest BCUT2D eigenvalue weighted by Crippen LogP contribution is 2.26. The summed E-state index contributed by atoms with van der Waals surface area (Å²) in [4.78, 5) is 0. The Morgan fingerprint density at radius 2 is 2.14 bits per heavy atom. The lowest BCUT2D eigenvalue weighted by atomic mass is 10.1. The molecule has 0 spiro atoms. The molecule has 1 heterocycles. The van der Waals surface area contributed by atoms with Gasteiger partial charge in [0.2, 0.25) is 0 Å². The summed E-state index contributed by atoms with van der Waals surface area (Å²) in [6.45, 7) is 1.38. The summed E-state index contributed by atoms with van der Waals surface area (Å²) in [5.74, 6) is 1.81. The Bertz CT molecular complexity index is 668. The fourth-order valence-corrected chi connectivity index (χ4v) is 2.44. The second kappa shape index (κ2) is 5.87. The number of nitrogens with one attached hydrogen (secondary N) is 1. The molecule has 0 aromatic heterocycles. The van der Waals surface area contributed by atoms with E-state index in [9.17, 15) is 0 Å². The van der Waals surface area contributed by atoms with Gasteiger partial charge in [-0.2, -0.15) is 0 Å². The molecule has 0 amide bonds. The van der Waals surface area contributed by atoms with Crippen LogP contribution < -0.4 is 15.2 Å². The summed E-state index contributed by atoms with van der Waals surface area (Å²) >= 11 is 0. The Labute approximate surface area is 124 Å². The highest BCUT2D eigenvalue weighted by molar-refractivity contribution is 5.95. The van der Waals surface area contributed by atoms with Crippen LogP contribution >= 0.6 is 0 Å². The molecular weight excluding hydrogens is 264 g/mol. The van der Waals surface area contributed by atoms with Gasteiger partial charge in [0.25, 0.3) is 0 Å². The first-order valence-corrected chi connectivity index (χ1v) is 7.04. The van der Waals surface area contributed by atoms with E-state index in [1.54, 1.807) is 12.1 Å². The monoisotopic (exact) mass is 282 g/mol. The topological polar surface area (TPSA) is 68.3 Å². The second-order valence-corrected chi connectivity index (χ2v) is 5.08. The van der Waals surface area contributed by atoms with Gasteiger partial charge in [0, 0.05) is 18.4 Å². The van der Waals surface area contributed by atoms with E-state index in [-0.39, 0.29) is 5.84 Å². The first-order valence-electron chi connectivity index (χ1n) is 7.04. The van der Waals surface area contributed by atoms with Gasteiger partial charge >= 0.3 is 0 Å². The summed E-state index contributed by atoms with van der Waals surface area (Å²) in [6, 6.07) is 13.6. The fraction of sp³-hybridized carbons (Fsp3) is 0.235. The lowest BCUT2D eigenvalue weighted by Crippen LogP contribution is -2.11. The Morgan fingerprint density at radius 1 is 1.24 bits per heavy atom. The summed E-state index contributed by atoms with van der Waals surface area (Å²) in [7, 11) is 0. The zero-order valence-corrected chi connectivity index (χ0v) is 11.8. The molecule has 0 bridgehead atoms. The SMILES string of the molecule is N=C(N)c1cccc(OCCc2ccc3c(c2)CCO3)c1. The van der Waals surface area contributed by atoms with E-state index in [1.807, 2.05) is 18.2 Å². The minimum absolute atomic E-state index is 0.0547. The molecule has 1 aliphatic rings. The molecule has 21 heavy (non-hydrogen) atoms. The van der Waals surface area contributed by atoms with Crippen LogP contribution in [0.15, 0.2) is 42.5 Å². The Balaban J connectivity index is 1.59. The molecule has 0 atom stereocenters. The van der Waals surface area contributed by atoms with Gasteiger partial charge in [0.15, 0.2) is 0 Å². The van der Waals surface area contributed by atoms with E-state index in [0.29, 0.717) is 12.2 Å². The maximum absolute atomic E-state index is 7.42. The summed E-state index contributed by atoms with van der Waals surface area (Å²) < 4.78 is 11.2. The minimum atomic E-state index is 0.0547. The highest BCUT2D eigenvalue weighted by atomic mass is 16.5. The van der Waals surface area contributed by atoms with E-state index in [0.717, 1.165) is 30.9 Å². The fourth-order valence-electron chi connectivity index (χ4n) is 2.44. The number of benzene rings is 2. The summed E-state index contributed by atoms with van der Waals surface area (Å²) in [5.41, 5.74) is 8.69. The van der Waals surface area contributed by atoms with E-state index in [2.05, 4.69) is 12.1 Å². The number of rotatable bonds is 5. The number of hydrogen-bond donors (Lipinski definition) is 2. The van der Waals surface area contributed by atoms with Crippen molar-refractivity contribution in [3.05, 3.63) is 59.2 Å². The molecule has 0 unspecified atom stereocenters. The molecule has 3 rings (SSSR count). The molecule has 4 heteroatoms. The number of hydrogen-bond acceptors (Lipinski definition) is 3. The normalized spacial score (nSPS) is 12.6. The Morgan fingerprint density at radius 3 is 3.00 bits per heavy atom. The highest BCUT2D eigenvalue weighted by Gasteiger charge is 2.11. The summed E-state index contributed by atoms with van der Waals surface area (Å²) in [5, 5.41) is 7.42. The van der Waals surface area contributed by atoms with Gasteiger partial charge in [-0.1, -0.05) is 24.3 Å². The van der Waals surface area contributed by atoms with Gasteiger partial charge < -0.3 is 15.2 Å². The maximum Gasteiger partial charge on any atom is 0.122 e. The van der Waals surface area contributed by atoms with Crippen LogP contribution in [0.25, 0.3) is 0 Å². The molecule has 0 fully saturated rings. The molecule has 2 aromatic carbocycles. The van der Waals surface area contributed by atoms with Crippen LogP contribution in [0, 0.1) is 5.41 Å². The summed E-state index contributed by atoms with van der Waals surface area (Å²) in [6.07, 6.45) is 1.84. The van der Waals surface area contributed by atoms with Crippen LogP contribution in [0.2, 0.25) is 0 Å². The average Bonchev–Trinajstić information content (AvgIpc) is 2.95. The van der Waals surface area contributed by atoms with Crippen molar-refractivity contribution in [2.75, 3.05) is 13.2 Å². The third-order valence-corrected chi connectivity index (χ3v) is 3.56. The molecule has 0 saturated carbocycles. The predicted molar refractivity (Wildman–Crippen MR) is 82.3 cm³/mol. The van der Waals surface area contributed by atoms with Gasteiger partial charge in [-0.3, -0.25) is 5.41 Å². The van der Waals surface area contributed by atoms with Crippen molar-refractivity contribution in [3.8, 4) is 11.5 Å². The van der Waals surface area contributed by atoms with Crippen LogP contribution in [0.4, 0.5) is 0 Å². The second-order valence-electron chi connectivity index (χ2n) is 5.08. The smallest absolute Gasteiger partial charge is 0.122 e. The minimum Gasteiger partial charge on any atom is -0.493 e. The molecule has 0 aliphatic carbocycles. The molecule has 3 N–H and O–H groups in total. The molecular formula is C17H18N2O2. The lowest BCUT2D eigenvalue weighted by molar-refractivity contribution is 0.322. The number of amidine groups is 1. The van der Waals surface area contributed by atoms with Crippen LogP contribution in [0.1, 0.15) is 16.7 Å². The molecule has 0 saturated heterocycles. The number of ether oxygens (including phenoxy) is 2. The van der Waals surface area contributed by atoms with Crippen molar-refractivity contribution in [3.63, 3.8) is 0 Å². The van der Waals surface area contributed by atoms with Gasteiger partial charge in [0.05, 0.1) is 13.2 Å². The third-order valence-electron chi connectivity index (χ3n) is 3.56. The van der Waals surface area contributed by atoms with Crippen LogP contribution in [0.5, 0.6) is 11.5 Å². The van der Waals surface area contributed by atoms with E-state index in [1.165, 1.54) is 11.1 Å². The zero-order chi connectivity index (χ0) is 14.7. The maximum atomic E-state index is 7.42. The van der Waals surface area contributed by atoms with E-state index in [4.69, 9.17) is 20.6 Å². The van der Waals surface area contributed by atoms with Crippen molar-refractivity contribution in [1.29, 1.82) is 5.41 Å². The first-order chi connectivity index (χ1) is 10.2. The first kappa shape index (κ1) is 13.5. The molecule has 2 aromatic rings. The zero-order valence-electron chi connectivity index (χ0n) is 11.8. The van der Waals surface area contributed by atoms with Crippen molar-refractivity contribution >= 4 is 5.84 Å². The van der Waals surface area contributed by atoms with Crippen LogP contribution in [0.3, 0.4) is 0 Å². The van der Waals surface area contributed by atoms with Gasteiger partial charge in [-0.25, -0.2) is 0 Å². The quantitative estimate of drug-likeness (QED) is 0.654. The van der Waals surface area contributed by atoms with Crippen LogP contribution in [-0.4, -0.2) is 19.0 Å². The Hall–Kier alpha value is -2.49. The molecule has 4 nitrogen and oxygen atoms in total. The van der Waals surface area contributed by atoms with Crippen molar-refractivity contribution in [2.45, 2.75) is 12.8 Å². The average molecular weight is 282 g/mol. The molecule has 108 valence electrons. The third kappa shape index (κ3) is 3.16. The van der Waals surface area contributed by atoms with E-state index < -0.39 is 0 Å². The standard InChI is InChI=1S/C17H18N2O2/c18-17(19)14-2-1-3-15(11-14)20-8-6-12-4-5-16-13(10-12)7-9-21-16/h1-5,10-11H,6-9H2,(H3,18,19). The van der Waals surface area contributed by atoms with Crippen molar-refractivity contribution in [2.24, 2.45) is 5.73 Å². The largest absolute Gasteiger partial charge is 0.493 e. The van der Waals surface area contributed by atoms with Crippen LogP contribution in [-0.2, 0) is 12.8 Å². The van der Waals surface area contributed by atoms with Crippen molar-refractivity contribution in [1.82, 2.24) is 0 Å². The lowest BCUT2D eigenvalue weighted by Gasteiger charge is -2.08. The number of nitrogen functional groups attached to an aromatic ring is 1. The van der Waals surface area contributed by atoms with Gasteiger partial charge in [0.1, 0.15) is 17.3 Å². The Kier molecular flexibility index (Phi) is 3.77. The number of fused-ring (bicyclic) bond motifs is 1. The predicted octanol–water partition coefficient (Wildman–Crippen LogP) is 2.53. The van der Waals surface area contributed by atoms with E-state index >= 15 is 0 Å². The molecule has 0 radical (unpaired) electrons.